The molecule has 0 aliphatic heterocycles. The number of anilines is 3. The summed E-state index contributed by atoms with van der Waals surface area (Å²) in [6.45, 7) is 0. The van der Waals surface area contributed by atoms with Crippen LogP contribution in [0, 0.1) is 0 Å². The van der Waals surface area contributed by atoms with Gasteiger partial charge in [-0.15, -0.1) is 0 Å². The maximum absolute atomic E-state index is 12.1. The van der Waals surface area contributed by atoms with Crippen LogP contribution in [0.15, 0.2) is 36.5 Å². The lowest BCUT2D eigenvalue weighted by molar-refractivity contribution is 0.244. The number of benzene rings is 1. The van der Waals surface area contributed by atoms with Gasteiger partial charge < -0.3 is 20.1 Å². The number of nitrogens with zero attached hydrogens (tertiary/aromatic N) is 1. The first-order valence-electron chi connectivity index (χ1n) is 9.20. The van der Waals surface area contributed by atoms with Crippen LogP contribution in [0.4, 0.5) is 22.0 Å². The topological polar surface area (TPSA) is 84.5 Å². The van der Waals surface area contributed by atoms with Gasteiger partial charge >= 0.3 is 6.03 Å². The van der Waals surface area contributed by atoms with Gasteiger partial charge in [-0.2, -0.15) is 0 Å². The Labute approximate surface area is 159 Å². The smallest absolute Gasteiger partial charge is 0.320 e. The molecule has 0 saturated heterocycles. The molecule has 3 rings (SSSR count). The van der Waals surface area contributed by atoms with Crippen LogP contribution in [-0.4, -0.2) is 31.3 Å². The zero-order chi connectivity index (χ0) is 19.1. The number of hydrogen-bond acceptors (Lipinski definition) is 5. The van der Waals surface area contributed by atoms with Gasteiger partial charge in [0.2, 0.25) is 0 Å². The van der Waals surface area contributed by atoms with Gasteiger partial charge in [0.15, 0.2) is 0 Å². The molecule has 1 aliphatic carbocycles. The van der Waals surface area contributed by atoms with E-state index in [1.54, 1.807) is 26.5 Å². The number of amides is 2. The minimum Gasteiger partial charge on any atom is -0.497 e. The van der Waals surface area contributed by atoms with E-state index in [1.165, 1.54) is 19.3 Å². The summed E-state index contributed by atoms with van der Waals surface area (Å²) in [5.74, 6) is 1.93. The fourth-order valence-corrected chi connectivity index (χ4v) is 3.19. The standard InChI is InChI=1S/C20H26N4O3/c1-26-16-9-10-18(27-2)17(12-16)22-15-8-11-19(21-13-15)24-20(25)23-14-6-4-3-5-7-14/h8-14,22H,3-7H2,1-2H3,(H2,21,23,24,25). The molecule has 2 amide bonds. The van der Waals surface area contributed by atoms with Gasteiger partial charge in [0.25, 0.3) is 0 Å². The first-order chi connectivity index (χ1) is 13.2. The Hall–Kier alpha value is -2.96. The highest BCUT2D eigenvalue weighted by molar-refractivity contribution is 5.88. The van der Waals surface area contributed by atoms with E-state index in [2.05, 4.69) is 20.9 Å². The number of nitrogens with one attached hydrogen (secondary N) is 3. The molecule has 7 heteroatoms. The Kier molecular flexibility index (Phi) is 6.35. The lowest BCUT2D eigenvalue weighted by atomic mass is 9.96. The van der Waals surface area contributed by atoms with E-state index >= 15 is 0 Å². The van der Waals surface area contributed by atoms with E-state index in [1.807, 2.05) is 24.3 Å². The van der Waals surface area contributed by atoms with Crippen LogP contribution >= 0.6 is 0 Å². The molecule has 7 nitrogen and oxygen atoms in total. The second-order valence-electron chi connectivity index (χ2n) is 6.56. The van der Waals surface area contributed by atoms with E-state index in [0.717, 1.165) is 30.0 Å². The largest absolute Gasteiger partial charge is 0.497 e. The molecule has 1 aromatic heterocycles. The Morgan fingerprint density at radius 1 is 1.07 bits per heavy atom. The van der Waals surface area contributed by atoms with Crippen molar-refractivity contribution in [3.05, 3.63) is 36.5 Å². The Balaban J connectivity index is 1.59. The third-order valence-electron chi connectivity index (χ3n) is 4.63. The highest BCUT2D eigenvalue weighted by Gasteiger charge is 2.15. The number of methoxy groups -OCH3 is 2. The van der Waals surface area contributed by atoms with Crippen molar-refractivity contribution < 1.29 is 14.3 Å². The van der Waals surface area contributed by atoms with Crippen molar-refractivity contribution in [1.29, 1.82) is 0 Å². The van der Waals surface area contributed by atoms with Crippen molar-refractivity contribution in [3.8, 4) is 11.5 Å². The number of carbonyl (C=O) groups is 1. The van der Waals surface area contributed by atoms with Crippen LogP contribution in [0.5, 0.6) is 11.5 Å². The highest BCUT2D eigenvalue weighted by Crippen LogP contribution is 2.31. The Morgan fingerprint density at radius 2 is 1.89 bits per heavy atom. The number of rotatable bonds is 6. The Bertz CT molecular complexity index is 758. The molecule has 0 bridgehead atoms. The molecule has 144 valence electrons. The van der Waals surface area contributed by atoms with Crippen molar-refractivity contribution in [1.82, 2.24) is 10.3 Å². The summed E-state index contributed by atoms with van der Waals surface area (Å²) >= 11 is 0. The van der Waals surface area contributed by atoms with Gasteiger partial charge in [0.1, 0.15) is 17.3 Å². The minimum atomic E-state index is -0.204. The molecule has 0 unspecified atom stereocenters. The van der Waals surface area contributed by atoms with Gasteiger partial charge in [0, 0.05) is 12.1 Å². The highest BCUT2D eigenvalue weighted by atomic mass is 16.5. The first kappa shape index (κ1) is 18.8. The number of carbonyl (C=O) groups excluding carboxylic acids is 1. The van der Waals surface area contributed by atoms with Gasteiger partial charge in [-0.3, -0.25) is 5.32 Å². The van der Waals surface area contributed by atoms with Crippen molar-refractivity contribution in [2.45, 2.75) is 38.1 Å². The summed E-state index contributed by atoms with van der Waals surface area (Å²) in [4.78, 5) is 16.4. The van der Waals surface area contributed by atoms with E-state index in [-0.39, 0.29) is 12.1 Å². The Morgan fingerprint density at radius 3 is 2.56 bits per heavy atom. The van der Waals surface area contributed by atoms with Crippen molar-refractivity contribution >= 4 is 23.2 Å². The quantitative estimate of drug-likeness (QED) is 0.706. The molecule has 1 aromatic carbocycles. The average Bonchev–Trinajstić information content (AvgIpc) is 2.70. The summed E-state index contributed by atoms with van der Waals surface area (Å²) in [5.41, 5.74) is 1.55. The number of hydrogen-bond donors (Lipinski definition) is 3. The predicted molar refractivity (Wildman–Crippen MR) is 106 cm³/mol. The third-order valence-corrected chi connectivity index (χ3v) is 4.63. The molecule has 27 heavy (non-hydrogen) atoms. The van der Waals surface area contributed by atoms with Gasteiger partial charge in [-0.1, -0.05) is 19.3 Å². The van der Waals surface area contributed by atoms with E-state index in [4.69, 9.17) is 9.47 Å². The second-order valence-corrected chi connectivity index (χ2v) is 6.56. The van der Waals surface area contributed by atoms with Crippen molar-refractivity contribution in [3.63, 3.8) is 0 Å². The molecule has 2 aromatic rings. The molecule has 0 atom stereocenters. The maximum atomic E-state index is 12.1. The normalized spacial score (nSPS) is 14.3. The second kappa shape index (κ2) is 9.12. The molecule has 1 fully saturated rings. The molecule has 0 spiro atoms. The van der Waals surface area contributed by atoms with Crippen LogP contribution < -0.4 is 25.4 Å². The number of ether oxygens (including phenoxy) is 2. The van der Waals surface area contributed by atoms with E-state index in [9.17, 15) is 4.79 Å². The van der Waals surface area contributed by atoms with Crippen LogP contribution in [0.1, 0.15) is 32.1 Å². The summed E-state index contributed by atoms with van der Waals surface area (Å²) in [6, 6.07) is 9.19. The predicted octanol–water partition coefficient (Wildman–Crippen LogP) is 4.30. The SMILES string of the molecule is COc1ccc(OC)c(Nc2ccc(NC(=O)NC3CCCCC3)nc2)c1. The fraction of sp³-hybridized carbons (Fsp3) is 0.400. The molecule has 1 aliphatic rings. The first-order valence-corrected chi connectivity index (χ1v) is 9.20. The summed E-state index contributed by atoms with van der Waals surface area (Å²) < 4.78 is 10.6. The molecule has 0 radical (unpaired) electrons. The molecule has 1 saturated carbocycles. The van der Waals surface area contributed by atoms with E-state index < -0.39 is 0 Å². The number of aromatic nitrogens is 1. The third kappa shape index (κ3) is 5.26. The van der Waals surface area contributed by atoms with Crippen LogP contribution in [-0.2, 0) is 0 Å². The summed E-state index contributed by atoms with van der Waals surface area (Å²) in [6.07, 6.45) is 7.37. The lowest BCUT2D eigenvalue weighted by Crippen LogP contribution is -2.39. The monoisotopic (exact) mass is 370 g/mol. The van der Waals surface area contributed by atoms with Gasteiger partial charge in [-0.05, 0) is 37.1 Å². The lowest BCUT2D eigenvalue weighted by Gasteiger charge is -2.22. The van der Waals surface area contributed by atoms with Crippen molar-refractivity contribution in [2.75, 3.05) is 24.9 Å². The zero-order valence-electron chi connectivity index (χ0n) is 15.7. The fourth-order valence-electron chi connectivity index (χ4n) is 3.19. The number of urea groups is 1. The van der Waals surface area contributed by atoms with Crippen LogP contribution in [0.3, 0.4) is 0 Å². The minimum absolute atomic E-state index is 0.204. The van der Waals surface area contributed by atoms with E-state index in [0.29, 0.717) is 11.6 Å². The van der Waals surface area contributed by atoms with Gasteiger partial charge in [0.05, 0.1) is 31.8 Å². The van der Waals surface area contributed by atoms with Crippen molar-refractivity contribution in [2.24, 2.45) is 0 Å². The molecular formula is C20H26N4O3. The number of pyridine rings is 1. The average molecular weight is 370 g/mol. The molecular weight excluding hydrogens is 344 g/mol. The maximum Gasteiger partial charge on any atom is 0.320 e. The molecule has 1 heterocycles. The van der Waals surface area contributed by atoms with Gasteiger partial charge in [-0.25, -0.2) is 9.78 Å². The van der Waals surface area contributed by atoms with Crippen LogP contribution in [0.25, 0.3) is 0 Å². The summed E-state index contributed by atoms with van der Waals surface area (Å²) in [5, 5.41) is 9.05. The zero-order valence-corrected chi connectivity index (χ0v) is 15.7. The van der Waals surface area contributed by atoms with Crippen LogP contribution in [0.2, 0.25) is 0 Å². The molecule has 3 N–H and O–H groups in total. The summed E-state index contributed by atoms with van der Waals surface area (Å²) in [7, 11) is 3.23.